The van der Waals surface area contributed by atoms with Crippen LogP contribution < -0.4 is 20.1 Å². The Hall–Kier alpha value is -3.48. The average molecular weight is 453 g/mol. The molecule has 0 fully saturated rings. The highest BCUT2D eigenvalue weighted by atomic mass is 16.5. The zero-order chi connectivity index (χ0) is 23.6. The predicted molar refractivity (Wildman–Crippen MR) is 127 cm³/mol. The zero-order valence-corrected chi connectivity index (χ0v) is 19.5. The number of amides is 2. The van der Waals surface area contributed by atoms with Crippen molar-refractivity contribution in [2.24, 2.45) is 0 Å². The van der Waals surface area contributed by atoms with Crippen molar-refractivity contribution in [2.75, 3.05) is 19.8 Å². The van der Waals surface area contributed by atoms with Crippen LogP contribution in [0.5, 0.6) is 11.5 Å². The van der Waals surface area contributed by atoms with Crippen molar-refractivity contribution in [3.05, 3.63) is 65.2 Å². The molecule has 0 saturated heterocycles. The number of hydrogen-bond donors (Lipinski definition) is 2. The molecule has 7 heteroatoms. The smallest absolute Gasteiger partial charge is 0.338 e. The fourth-order valence-electron chi connectivity index (χ4n) is 3.70. The monoisotopic (exact) mass is 452 g/mol. The van der Waals surface area contributed by atoms with Gasteiger partial charge in [0, 0.05) is 0 Å². The van der Waals surface area contributed by atoms with Gasteiger partial charge in [-0.1, -0.05) is 56.2 Å². The number of esters is 1. The molecule has 2 amide bonds. The van der Waals surface area contributed by atoms with Crippen molar-refractivity contribution in [1.29, 1.82) is 0 Å². The van der Waals surface area contributed by atoms with E-state index in [4.69, 9.17) is 14.2 Å². The minimum atomic E-state index is -0.707. The quantitative estimate of drug-likeness (QED) is 0.371. The number of unbranched alkanes of at least 4 members (excludes halogenated alkanes) is 2. The number of hydrogen-bond acceptors (Lipinski definition) is 5. The van der Waals surface area contributed by atoms with Crippen LogP contribution in [0.1, 0.15) is 57.2 Å². The maximum absolute atomic E-state index is 13.0. The van der Waals surface area contributed by atoms with E-state index in [9.17, 15) is 9.59 Å². The van der Waals surface area contributed by atoms with Gasteiger partial charge in [-0.3, -0.25) is 0 Å². The molecule has 33 heavy (non-hydrogen) atoms. The molecule has 0 saturated carbocycles. The largest absolute Gasteiger partial charge is 0.490 e. The number of benzene rings is 2. The first-order valence-corrected chi connectivity index (χ1v) is 11.5. The summed E-state index contributed by atoms with van der Waals surface area (Å²) in [6, 6.07) is 13.6. The third-order valence-corrected chi connectivity index (χ3v) is 5.24. The van der Waals surface area contributed by atoms with Crippen molar-refractivity contribution in [3.8, 4) is 11.5 Å². The van der Waals surface area contributed by atoms with Gasteiger partial charge in [-0.2, -0.15) is 0 Å². The Balaban J connectivity index is 2.03. The Kier molecular flexibility index (Phi) is 8.75. The highest BCUT2D eigenvalue weighted by Crippen LogP contribution is 2.36. The zero-order valence-electron chi connectivity index (χ0n) is 19.5. The fraction of sp³-hybridized carbons (Fsp3) is 0.385. The van der Waals surface area contributed by atoms with Gasteiger partial charge in [0.2, 0.25) is 0 Å². The third-order valence-electron chi connectivity index (χ3n) is 5.24. The fourth-order valence-corrected chi connectivity index (χ4v) is 3.70. The van der Waals surface area contributed by atoms with Crippen LogP contribution in [0.25, 0.3) is 5.70 Å². The lowest BCUT2D eigenvalue weighted by atomic mass is 9.92. The molecule has 2 aromatic rings. The van der Waals surface area contributed by atoms with E-state index in [1.807, 2.05) is 55.5 Å². The summed E-state index contributed by atoms with van der Waals surface area (Å²) in [6.45, 7) is 7.08. The molecule has 3 rings (SSSR count). The SMILES string of the molecule is CCCCCOc1ccc(C2NC(=O)NC(c3ccccc3)=C2C(=O)OCC)cc1OCC. The van der Waals surface area contributed by atoms with Gasteiger partial charge in [0.25, 0.3) is 0 Å². The number of rotatable bonds is 11. The second kappa shape index (κ2) is 11.9. The van der Waals surface area contributed by atoms with Gasteiger partial charge in [0.15, 0.2) is 11.5 Å². The molecular weight excluding hydrogens is 420 g/mol. The molecule has 0 radical (unpaired) electrons. The van der Waals surface area contributed by atoms with Crippen molar-refractivity contribution in [3.63, 3.8) is 0 Å². The number of carbonyl (C=O) groups excluding carboxylic acids is 2. The standard InChI is InChI=1S/C26H32N2O5/c1-4-7-11-16-33-20-15-14-19(17-21(20)31-5-2)24-22(25(29)32-6-3)23(27-26(30)28-24)18-12-9-8-10-13-18/h8-10,12-15,17,24H,4-7,11,16H2,1-3H3,(H2,27,28,30). The van der Waals surface area contributed by atoms with Gasteiger partial charge in [-0.15, -0.1) is 0 Å². The van der Waals surface area contributed by atoms with E-state index in [1.165, 1.54) is 0 Å². The molecule has 1 heterocycles. The summed E-state index contributed by atoms with van der Waals surface area (Å²) < 4.78 is 17.1. The predicted octanol–water partition coefficient (Wildman–Crippen LogP) is 4.98. The molecule has 1 aliphatic rings. The summed E-state index contributed by atoms with van der Waals surface area (Å²) in [5.41, 5.74) is 2.19. The van der Waals surface area contributed by atoms with E-state index in [0.29, 0.717) is 41.5 Å². The second-order valence-corrected chi connectivity index (χ2v) is 7.60. The van der Waals surface area contributed by atoms with Crippen LogP contribution in [-0.2, 0) is 9.53 Å². The maximum atomic E-state index is 13.0. The van der Waals surface area contributed by atoms with E-state index in [1.54, 1.807) is 6.92 Å². The van der Waals surface area contributed by atoms with Gasteiger partial charge >= 0.3 is 12.0 Å². The molecule has 7 nitrogen and oxygen atoms in total. The first-order chi connectivity index (χ1) is 16.1. The van der Waals surface area contributed by atoms with E-state index in [0.717, 1.165) is 24.8 Å². The first kappa shape index (κ1) is 24.2. The lowest BCUT2D eigenvalue weighted by Gasteiger charge is -2.30. The van der Waals surface area contributed by atoms with E-state index in [-0.39, 0.29) is 6.61 Å². The number of urea groups is 1. The summed E-state index contributed by atoms with van der Waals surface area (Å²) in [5, 5.41) is 5.65. The van der Waals surface area contributed by atoms with Crippen LogP contribution in [0, 0.1) is 0 Å². The van der Waals surface area contributed by atoms with Gasteiger partial charge in [0.1, 0.15) is 0 Å². The minimum Gasteiger partial charge on any atom is -0.490 e. The molecule has 0 aromatic heterocycles. The maximum Gasteiger partial charge on any atom is 0.338 e. The minimum absolute atomic E-state index is 0.222. The van der Waals surface area contributed by atoms with E-state index >= 15 is 0 Å². The summed E-state index contributed by atoms with van der Waals surface area (Å²) in [4.78, 5) is 25.6. The molecule has 0 aliphatic carbocycles. The van der Waals surface area contributed by atoms with Gasteiger partial charge in [-0.05, 0) is 43.5 Å². The highest BCUT2D eigenvalue weighted by molar-refractivity contribution is 6.04. The molecule has 1 unspecified atom stereocenters. The third kappa shape index (κ3) is 6.06. The van der Waals surface area contributed by atoms with Gasteiger partial charge in [-0.25, -0.2) is 9.59 Å². The molecule has 2 aromatic carbocycles. The molecular formula is C26H32N2O5. The Morgan fingerprint density at radius 2 is 1.73 bits per heavy atom. The van der Waals surface area contributed by atoms with Crippen LogP contribution in [0.3, 0.4) is 0 Å². The van der Waals surface area contributed by atoms with Crippen LogP contribution in [0.15, 0.2) is 54.1 Å². The second-order valence-electron chi connectivity index (χ2n) is 7.60. The number of nitrogens with one attached hydrogen (secondary N) is 2. The summed E-state index contributed by atoms with van der Waals surface area (Å²) >= 11 is 0. The number of carbonyl (C=O) groups is 2. The van der Waals surface area contributed by atoms with Crippen molar-refractivity contribution in [1.82, 2.24) is 10.6 Å². The Morgan fingerprint density at radius 3 is 2.42 bits per heavy atom. The van der Waals surface area contributed by atoms with Crippen molar-refractivity contribution >= 4 is 17.7 Å². The Bertz CT molecular complexity index is 987. The normalized spacial score (nSPS) is 15.5. The number of ether oxygens (including phenoxy) is 3. The van der Waals surface area contributed by atoms with E-state index in [2.05, 4.69) is 17.6 Å². The topological polar surface area (TPSA) is 85.9 Å². The summed E-state index contributed by atoms with van der Waals surface area (Å²) in [6.07, 6.45) is 3.17. The lowest BCUT2D eigenvalue weighted by molar-refractivity contribution is -0.138. The van der Waals surface area contributed by atoms with Gasteiger partial charge in [0.05, 0.1) is 37.1 Å². The van der Waals surface area contributed by atoms with Crippen molar-refractivity contribution in [2.45, 2.75) is 46.1 Å². The van der Waals surface area contributed by atoms with Gasteiger partial charge < -0.3 is 24.8 Å². The molecule has 2 N–H and O–H groups in total. The molecule has 1 aliphatic heterocycles. The first-order valence-electron chi connectivity index (χ1n) is 11.5. The molecule has 1 atom stereocenters. The van der Waals surface area contributed by atoms with Crippen LogP contribution in [-0.4, -0.2) is 31.8 Å². The van der Waals surface area contributed by atoms with Crippen LogP contribution in [0.2, 0.25) is 0 Å². The highest BCUT2D eigenvalue weighted by Gasteiger charge is 2.34. The average Bonchev–Trinajstić information content (AvgIpc) is 2.83. The van der Waals surface area contributed by atoms with Crippen LogP contribution >= 0.6 is 0 Å². The summed E-state index contributed by atoms with van der Waals surface area (Å²) in [7, 11) is 0. The van der Waals surface area contributed by atoms with Crippen LogP contribution in [0.4, 0.5) is 4.79 Å². The molecule has 0 bridgehead atoms. The molecule has 0 spiro atoms. The van der Waals surface area contributed by atoms with E-state index < -0.39 is 18.0 Å². The molecule has 176 valence electrons. The summed E-state index contributed by atoms with van der Waals surface area (Å²) in [5.74, 6) is 0.720. The van der Waals surface area contributed by atoms with Crippen molar-refractivity contribution < 1.29 is 23.8 Å². The Morgan fingerprint density at radius 1 is 0.939 bits per heavy atom. The Labute approximate surface area is 195 Å². The lowest BCUT2D eigenvalue weighted by Crippen LogP contribution is -2.45.